The third-order valence-electron chi connectivity index (χ3n) is 4.96. The molecule has 0 aliphatic carbocycles. The van der Waals surface area contributed by atoms with Crippen LogP contribution in [0.3, 0.4) is 0 Å². The van der Waals surface area contributed by atoms with Crippen LogP contribution >= 0.6 is 0 Å². The van der Waals surface area contributed by atoms with Crippen molar-refractivity contribution in [1.29, 1.82) is 0 Å². The quantitative estimate of drug-likeness (QED) is 0.316. The van der Waals surface area contributed by atoms with Crippen molar-refractivity contribution in [2.75, 3.05) is 18.6 Å². The maximum atomic E-state index is 12.6. The first kappa shape index (κ1) is 27.7. The minimum absolute atomic E-state index is 0. The minimum Gasteiger partial charge on any atom is -0.548 e. The number of likely N-dealkylation sites (N-methyl/N-ethyl adjacent to an activating group) is 1. The van der Waals surface area contributed by atoms with Gasteiger partial charge in [-0.3, -0.25) is 4.79 Å². The Hall–Kier alpha value is -1.36. The summed E-state index contributed by atoms with van der Waals surface area (Å²) in [5.74, 6) is -3.46. The molecule has 0 saturated heterocycles. The third-order valence-corrected chi connectivity index (χ3v) is 4.96. The molecule has 154 valence electrons. The maximum absolute atomic E-state index is 12.6. The third kappa shape index (κ3) is 5.18. The fourth-order valence-electron chi connectivity index (χ4n) is 3.82. The Morgan fingerprint density at radius 2 is 1.94 bits per heavy atom. The monoisotopic (exact) mass is 446 g/mol. The van der Waals surface area contributed by atoms with Crippen LogP contribution in [0.4, 0.5) is 5.69 Å². The van der Waals surface area contributed by atoms with E-state index in [1.165, 1.54) is 7.11 Å². The van der Waals surface area contributed by atoms with Gasteiger partial charge in [0.2, 0.25) is 0 Å². The first-order valence-corrected chi connectivity index (χ1v) is 9.26. The molecular formula is C20H20N2Na2O7. The second kappa shape index (κ2) is 11.5. The molecule has 1 atom stereocenters. The summed E-state index contributed by atoms with van der Waals surface area (Å²) in [6.07, 6.45) is 1.11. The van der Waals surface area contributed by atoms with Crippen molar-refractivity contribution in [1.82, 2.24) is 0 Å². The Morgan fingerprint density at radius 3 is 2.45 bits per heavy atom. The smallest absolute Gasteiger partial charge is 0.548 e. The summed E-state index contributed by atoms with van der Waals surface area (Å²) in [7, 11) is 1.35. The predicted molar refractivity (Wildman–Crippen MR) is 101 cm³/mol. The summed E-state index contributed by atoms with van der Waals surface area (Å²) < 4.78 is 5.51. The van der Waals surface area contributed by atoms with E-state index in [0.717, 1.165) is 6.07 Å². The summed E-state index contributed by atoms with van der Waals surface area (Å²) in [4.78, 5) is 42.2. The van der Waals surface area contributed by atoms with E-state index in [1.807, 2.05) is 6.92 Å². The molecule has 0 spiro atoms. The molecule has 31 heavy (non-hydrogen) atoms. The van der Waals surface area contributed by atoms with Crippen molar-refractivity contribution in [2.24, 2.45) is 5.16 Å². The Balaban J connectivity index is 0.00000240. The number of carboxylic acids is 2. The number of benzene rings is 1. The number of fused-ring (bicyclic) bond motifs is 2. The van der Waals surface area contributed by atoms with Gasteiger partial charge in [-0.25, -0.2) is 0 Å². The molecule has 0 radical (unpaired) electrons. The number of carboxylic acid groups (broad SMARTS) is 2. The molecular weight excluding hydrogens is 426 g/mol. The summed E-state index contributed by atoms with van der Waals surface area (Å²) in [5, 5.41) is 27.2. The van der Waals surface area contributed by atoms with Crippen LogP contribution < -0.4 is 79.7 Å². The van der Waals surface area contributed by atoms with E-state index >= 15 is 0 Å². The number of aryl methyl sites for hydroxylation is 1. The Labute approximate surface area is 223 Å². The van der Waals surface area contributed by atoms with Crippen LogP contribution in [0.1, 0.15) is 48.4 Å². The number of rotatable bonds is 6. The second-order valence-corrected chi connectivity index (χ2v) is 6.69. The molecule has 2 aromatic rings. The molecule has 1 unspecified atom stereocenters. The fourth-order valence-corrected chi connectivity index (χ4v) is 3.82. The fraction of sp³-hybridized carbons (Fsp3) is 0.400. The van der Waals surface area contributed by atoms with Crippen LogP contribution in [0.15, 0.2) is 26.5 Å². The van der Waals surface area contributed by atoms with Crippen LogP contribution in [0, 0.1) is 0 Å². The van der Waals surface area contributed by atoms with Crippen molar-refractivity contribution in [3.63, 3.8) is 0 Å². The van der Waals surface area contributed by atoms with Gasteiger partial charge in [-0.2, -0.15) is 0 Å². The SMILES string of the molecule is CCCc1c2c(cc3c(=O)cc(C(=O)[O-])oc13)/C(=N/OC)CC(C(=O)[O-])N2CC.[Na+].[Na+]. The van der Waals surface area contributed by atoms with Crippen LogP contribution in [-0.4, -0.2) is 37.3 Å². The zero-order valence-corrected chi connectivity index (χ0v) is 22.3. The summed E-state index contributed by atoms with van der Waals surface area (Å²) in [6.45, 7) is 4.05. The van der Waals surface area contributed by atoms with Crippen molar-refractivity contribution in [3.8, 4) is 0 Å². The van der Waals surface area contributed by atoms with Gasteiger partial charge in [0, 0.05) is 30.2 Å². The molecule has 2 heterocycles. The molecule has 0 fully saturated rings. The topological polar surface area (TPSA) is 135 Å². The average Bonchev–Trinajstić information content (AvgIpc) is 2.68. The maximum Gasteiger partial charge on any atom is 1.00 e. The van der Waals surface area contributed by atoms with Gasteiger partial charge in [-0.15, -0.1) is 0 Å². The van der Waals surface area contributed by atoms with E-state index in [-0.39, 0.29) is 76.5 Å². The Morgan fingerprint density at radius 1 is 1.26 bits per heavy atom. The minimum atomic E-state index is -1.61. The summed E-state index contributed by atoms with van der Waals surface area (Å²) in [6, 6.07) is 1.42. The number of aromatic carboxylic acids is 1. The van der Waals surface area contributed by atoms with Crippen LogP contribution in [0.25, 0.3) is 11.0 Å². The Kier molecular flexibility index (Phi) is 10.3. The summed E-state index contributed by atoms with van der Waals surface area (Å²) >= 11 is 0. The molecule has 1 aliphatic rings. The first-order chi connectivity index (χ1) is 13.8. The average molecular weight is 446 g/mol. The van der Waals surface area contributed by atoms with Gasteiger partial charge in [0.15, 0.2) is 11.2 Å². The zero-order chi connectivity index (χ0) is 21.3. The largest absolute Gasteiger partial charge is 1.00 e. The van der Waals surface area contributed by atoms with E-state index in [9.17, 15) is 24.6 Å². The van der Waals surface area contributed by atoms with Crippen molar-refractivity contribution >= 4 is 34.3 Å². The van der Waals surface area contributed by atoms with Gasteiger partial charge >= 0.3 is 59.1 Å². The molecule has 0 saturated carbocycles. The van der Waals surface area contributed by atoms with Crippen LogP contribution in [-0.2, 0) is 16.1 Å². The van der Waals surface area contributed by atoms with Crippen LogP contribution in [0.5, 0.6) is 0 Å². The van der Waals surface area contributed by atoms with Gasteiger partial charge in [0.05, 0.1) is 28.8 Å². The zero-order valence-electron chi connectivity index (χ0n) is 18.3. The van der Waals surface area contributed by atoms with Gasteiger partial charge < -0.3 is 34.0 Å². The van der Waals surface area contributed by atoms with Gasteiger partial charge in [-0.05, 0) is 19.4 Å². The molecule has 1 aromatic carbocycles. The number of carbonyl (C=O) groups excluding carboxylic acids is 2. The van der Waals surface area contributed by atoms with Crippen molar-refractivity contribution in [3.05, 3.63) is 39.2 Å². The molecule has 1 aliphatic heterocycles. The number of hydrogen-bond acceptors (Lipinski definition) is 9. The van der Waals surface area contributed by atoms with Crippen molar-refractivity contribution < 1.29 is 88.2 Å². The number of oxime groups is 1. The van der Waals surface area contributed by atoms with E-state index in [1.54, 1.807) is 17.9 Å². The number of aliphatic carboxylic acids is 1. The van der Waals surface area contributed by atoms with E-state index in [2.05, 4.69) is 5.16 Å². The Bertz CT molecular complexity index is 1080. The second-order valence-electron chi connectivity index (χ2n) is 6.69. The first-order valence-electron chi connectivity index (χ1n) is 9.26. The molecule has 3 rings (SSSR count). The number of hydrogen-bond donors (Lipinski definition) is 0. The standard InChI is InChI=1S/C20H22N2O7.2Na/c1-4-6-10-17-11(7-12-15(23)9-16(20(26)27)29-18(10)12)13(21-28-3)8-14(19(24)25)22(17)5-2;;/h7,9,14H,4-6,8H2,1-3H3,(H,24,25)(H,26,27);;/q;2*+1/p-2/b21-13+;;. The number of carbonyl (C=O) groups is 2. The molecule has 11 heteroatoms. The summed E-state index contributed by atoms with van der Waals surface area (Å²) in [5.41, 5.74) is 1.55. The van der Waals surface area contributed by atoms with Crippen LogP contribution in [0.2, 0.25) is 0 Å². The normalized spacial score (nSPS) is 16.3. The van der Waals surface area contributed by atoms with E-state index in [0.29, 0.717) is 41.9 Å². The predicted octanol–water partition coefficient (Wildman–Crippen LogP) is -6.18. The molecule has 1 aromatic heterocycles. The van der Waals surface area contributed by atoms with Gasteiger partial charge in [-0.1, -0.05) is 18.5 Å². The van der Waals surface area contributed by atoms with Gasteiger partial charge in [0.1, 0.15) is 18.7 Å². The number of nitrogens with zero attached hydrogens (tertiary/aromatic N) is 2. The van der Waals surface area contributed by atoms with Crippen molar-refractivity contribution in [2.45, 2.75) is 39.2 Å². The van der Waals surface area contributed by atoms with E-state index < -0.39 is 29.2 Å². The molecule has 0 amide bonds. The number of anilines is 1. The van der Waals surface area contributed by atoms with E-state index in [4.69, 9.17) is 9.25 Å². The molecule has 0 N–H and O–H groups in total. The molecule has 9 nitrogen and oxygen atoms in total. The molecule has 0 bridgehead atoms. The van der Waals surface area contributed by atoms with Gasteiger partial charge in [0.25, 0.3) is 0 Å².